The quantitative estimate of drug-likeness (QED) is 0.0908. The molecule has 0 aromatic heterocycles. The molecule has 0 N–H and O–H groups in total. The maximum absolute atomic E-state index is 10.9. The van der Waals surface area contributed by atoms with Crippen LogP contribution in [0.3, 0.4) is 0 Å². The van der Waals surface area contributed by atoms with E-state index in [0.717, 1.165) is 0 Å². The van der Waals surface area contributed by atoms with Crippen molar-refractivity contribution in [3.63, 3.8) is 0 Å². The van der Waals surface area contributed by atoms with Gasteiger partial charge in [-0.25, -0.2) is 0 Å². The van der Waals surface area contributed by atoms with Gasteiger partial charge in [-0.15, -0.1) is 0 Å². The third kappa shape index (κ3) is 30.7. The minimum atomic E-state index is -0.288. The Morgan fingerprint density at radius 1 is 0.324 bits per heavy atom. The highest BCUT2D eigenvalue weighted by Crippen LogP contribution is 1.89. The average Bonchev–Trinajstić information content (AvgIpc) is 2.91. The Labute approximate surface area is 220 Å². The number of hydrogen-bond acceptors (Lipinski definition) is 13. The van der Waals surface area contributed by atoms with E-state index in [4.69, 9.17) is 42.6 Å². The minimum absolute atomic E-state index is 0.243. The first kappa shape index (κ1) is 35.6. The lowest BCUT2D eigenvalue weighted by Crippen LogP contribution is -2.15. The van der Waals surface area contributed by atoms with Crippen LogP contribution in [-0.2, 0) is 61.7 Å². The number of carbonyl (C=O) groups excluding carboxylic acids is 2. The van der Waals surface area contributed by atoms with Crippen LogP contribution in [0.4, 0.5) is 0 Å². The van der Waals surface area contributed by atoms with Crippen molar-refractivity contribution >= 4 is 11.9 Å². The molecule has 220 valence electrons. The molecule has 0 fully saturated rings. The molecule has 0 spiro atoms. The van der Waals surface area contributed by atoms with Gasteiger partial charge in [0.1, 0.15) is 0 Å². The highest BCUT2D eigenvalue weighted by atomic mass is 16.6. The molecule has 0 bridgehead atoms. The fourth-order valence-electron chi connectivity index (χ4n) is 2.38. The van der Waals surface area contributed by atoms with Crippen molar-refractivity contribution in [1.82, 2.24) is 0 Å². The Balaban J connectivity index is 3.05. The molecule has 0 aliphatic carbocycles. The van der Waals surface area contributed by atoms with E-state index in [-0.39, 0.29) is 24.8 Å². The first-order valence-corrected chi connectivity index (χ1v) is 12.5. The maximum atomic E-state index is 10.9. The largest absolute Gasteiger partial charge is 0.469 e. The van der Waals surface area contributed by atoms with E-state index in [1.807, 2.05) is 0 Å². The Hall–Kier alpha value is -1.42. The Bertz CT molecular complexity index is 451. The SMILES string of the molecule is COC(=O)CCOCCOCCOCCOCCOCCOCCOCCOCCOCCC(=O)OC. The van der Waals surface area contributed by atoms with Crippen LogP contribution in [0, 0.1) is 0 Å². The molecular weight excluding hydrogens is 496 g/mol. The van der Waals surface area contributed by atoms with Crippen molar-refractivity contribution in [2.45, 2.75) is 12.8 Å². The highest BCUT2D eigenvalue weighted by molar-refractivity contribution is 5.69. The van der Waals surface area contributed by atoms with Gasteiger partial charge in [0.15, 0.2) is 0 Å². The second-order valence-electron chi connectivity index (χ2n) is 7.16. The van der Waals surface area contributed by atoms with Crippen molar-refractivity contribution in [2.24, 2.45) is 0 Å². The monoisotopic (exact) mass is 542 g/mol. The van der Waals surface area contributed by atoms with Gasteiger partial charge in [-0.05, 0) is 0 Å². The summed E-state index contributed by atoms with van der Waals surface area (Å²) in [6.07, 6.45) is 0.486. The first-order chi connectivity index (χ1) is 18.2. The number of hydrogen-bond donors (Lipinski definition) is 0. The van der Waals surface area contributed by atoms with E-state index in [2.05, 4.69) is 9.47 Å². The number of methoxy groups -OCH3 is 2. The summed E-state index contributed by atoms with van der Waals surface area (Å²) in [7, 11) is 2.70. The van der Waals surface area contributed by atoms with Crippen LogP contribution in [0.15, 0.2) is 0 Å². The fourth-order valence-corrected chi connectivity index (χ4v) is 2.38. The molecule has 0 aromatic rings. The maximum Gasteiger partial charge on any atom is 0.307 e. The topological polar surface area (TPSA) is 136 Å². The zero-order chi connectivity index (χ0) is 27.1. The van der Waals surface area contributed by atoms with Gasteiger partial charge in [0, 0.05) is 0 Å². The predicted molar refractivity (Wildman–Crippen MR) is 131 cm³/mol. The molecule has 0 aliphatic heterocycles. The van der Waals surface area contributed by atoms with E-state index in [1.54, 1.807) is 0 Å². The number of esters is 2. The molecule has 13 nitrogen and oxygen atoms in total. The van der Waals surface area contributed by atoms with Crippen molar-refractivity contribution in [3.8, 4) is 0 Å². The van der Waals surface area contributed by atoms with Gasteiger partial charge >= 0.3 is 11.9 Å². The van der Waals surface area contributed by atoms with E-state index >= 15 is 0 Å². The van der Waals surface area contributed by atoms with Crippen LogP contribution in [0.25, 0.3) is 0 Å². The molecule has 0 saturated carbocycles. The van der Waals surface area contributed by atoms with Crippen LogP contribution in [0.2, 0.25) is 0 Å². The molecule has 0 aromatic carbocycles. The molecule has 0 radical (unpaired) electrons. The van der Waals surface area contributed by atoms with Gasteiger partial charge in [-0.2, -0.15) is 0 Å². The van der Waals surface area contributed by atoms with Gasteiger partial charge < -0.3 is 52.1 Å². The van der Waals surface area contributed by atoms with Crippen molar-refractivity contribution < 1.29 is 61.7 Å². The Morgan fingerprint density at radius 2 is 0.486 bits per heavy atom. The molecule has 0 aliphatic rings. The zero-order valence-corrected chi connectivity index (χ0v) is 22.4. The molecular formula is C24H46O13. The standard InChI is InChI=1S/C24H46O13/c1-27-23(25)3-5-29-7-9-31-11-13-33-15-17-35-19-21-37-22-20-36-18-16-34-14-12-32-10-8-30-6-4-24(26)28-2/h3-22H2,1-2H3. The van der Waals surface area contributed by atoms with E-state index in [9.17, 15) is 9.59 Å². The summed E-state index contributed by atoms with van der Waals surface area (Å²) in [5.74, 6) is -0.576. The molecule has 0 rings (SSSR count). The van der Waals surface area contributed by atoms with E-state index in [0.29, 0.717) is 119 Å². The normalized spacial score (nSPS) is 11.1. The summed E-state index contributed by atoms with van der Waals surface area (Å²) >= 11 is 0. The van der Waals surface area contributed by atoms with E-state index in [1.165, 1.54) is 14.2 Å². The van der Waals surface area contributed by atoms with Gasteiger partial charge in [0.05, 0.1) is 146 Å². The van der Waals surface area contributed by atoms with Crippen LogP contribution < -0.4 is 0 Å². The molecule has 13 heteroatoms. The lowest BCUT2D eigenvalue weighted by Gasteiger charge is -2.09. The smallest absolute Gasteiger partial charge is 0.307 e. The van der Waals surface area contributed by atoms with Gasteiger partial charge in [0.25, 0.3) is 0 Å². The Kier molecular flexibility index (Phi) is 29.6. The number of ether oxygens (including phenoxy) is 11. The Morgan fingerprint density at radius 3 is 0.649 bits per heavy atom. The van der Waals surface area contributed by atoms with Crippen LogP contribution in [0.5, 0.6) is 0 Å². The second kappa shape index (κ2) is 30.8. The van der Waals surface area contributed by atoms with Crippen molar-refractivity contribution in [3.05, 3.63) is 0 Å². The van der Waals surface area contributed by atoms with Gasteiger partial charge in [-0.1, -0.05) is 0 Å². The number of rotatable bonds is 30. The lowest BCUT2D eigenvalue weighted by atomic mass is 10.5. The third-order valence-corrected chi connectivity index (χ3v) is 4.33. The molecule has 0 atom stereocenters. The third-order valence-electron chi connectivity index (χ3n) is 4.33. The second-order valence-corrected chi connectivity index (χ2v) is 7.16. The average molecular weight is 543 g/mol. The molecule has 0 unspecified atom stereocenters. The summed E-state index contributed by atoms with van der Waals surface area (Å²) in [6.45, 7) is 8.19. The van der Waals surface area contributed by atoms with E-state index < -0.39 is 0 Å². The minimum Gasteiger partial charge on any atom is -0.469 e. The van der Waals surface area contributed by atoms with Gasteiger partial charge in [-0.3, -0.25) is 9.59 Å². The summed E-state index contributed by atoms with van der Waals surface area (Å²) in [5.41, 5.74) is 0. The molecule has 0 heterocycles. The van der Waals surface area contributed by atoms with Crippen molar-refractivity contribution in [1.29, 1.82) is 0 Å². The predicted octanol–water partition coefficient (Wildman–Crippen LogP) is 0.262. The summed E-state index contributed by atoms with van der Waals surface area (Å²) in [6, 6.07) is 0. The number of carbonyl (C=O) groups is 2. The summed E-state index contributed by atoms with van der Waals surface area (Å²) in [5, 5.41) is 0. The highest BCUT2D eigenvalue weighted by Gasteiger charge is 2.00. The van der Waals surface area contributed by atoms with Crippen LogP contribution in [-0.4, -0.2) is 145 Å². The first-order valence-electron chi connectivity index (χ1n) is 12.5. The zero-order valence-electron chi connectivity index (χ0n) is 22.4. The summed E-state index contributed by atoms with van der Waals surface area (Å²) < 4.78 is 57.3. The molecule has 0 saturated heterocycles. The fraction of sp³-hybridized carbons (Fsp3) is 0.917. The van der Waals surface area contributed by atoms with Crippen LogP contribution in [0.1, 0.15) is 12.8 Å². The van der Waals surface area contributed by atoms with Crippen molar-refractivity contribution in [2.75, 3.05) is 133 Å². The molecule has 0 amide bonds. The van der Waals surface area contributed by atoms with Crippen LogP contribution >= 0.6 is 0 Å². The molecule has 37 heavy (non-hydrogen) atoms. The van der Waals surface area contributed by atoms with Gasteiger partial charge in [0.2, 0.25) is 0 Å². The lowest BCUT2D eigenvalue weighted by molar-refractivity contribution is -0.142. The summed E-state index contributed by atoms with van der Waals surface area (Å²) in [4.78, 5) is 21.8.